The van der Waals surface area contributed by atoms with Gasteiger partial charge >= 0.3 is 6.08 Å². The van der Waals surface area contributed by atoms with Gasteiger partial charge in [-0.2, -0.15) is 8.78 Å². The third kappa shape index (κ3) is 3.23. The quantitative estimate of drug-likeness (QED) is 0.806. The van der Waals surface area contributed by atoms with Crippen molar-refractivity contribution in [3.05, 3.63) is 41.7 Å². The molecular formula is C12H14F3NO. The fourth-order valence-corrected chi connectivity index (χ4v) is 1.56. The van der Waals surface area contributed by atoms with E-state index in [1.54, 1.807) is 24.3 Å². The molecule has 0 aromatic heterocycles. The van der Waals surface area contributed by atoms with Gasteiger partial charge in [0.25, 0.3) is 0 Å². The Bertz CT molecular complexity index is 397. The molecule has 0 bridgehead atoms. The number of methoxy groups -OCH3 is 1. The summed E-state index contributed by atoms with van der Waals surface area (Å²) in [6.45, 7) is 0. The molecule has 0 amide bonds. The summed E-state index contributed by atoms with van der Waals surface area (Å²) in [7, 11) is 4.58. The van der Waals surface area contributed by atoms with Crippen LogP contribution in [0, 0.1) is 0 Å². The Kier molecular flexibility index (Phi) is 4.57. The number of hydrogen-bond donors (Lipinski definition) is 0. The molecule has 0 aliphatic rings. The molecule has 0 fully saturated rings. The fraction of sp³-hybridized carbons (Fsp3) is 0.333. The first-order valence-corrected chi connectivity index (χ1v) is 4.98. The minimum Gasteiger partial charge on any atom is -0.497 e. The summed E-state index contributed by atoms with van der Waals surface area (Å²) in [5.41, 5.74) is 0.445. The summed E-state index contributed by atoms with van der Waals surface area (Å²) in [5, 5.41) is 0. The molecule has 0 aliphatic heterocycles. The molecule has 0 saturated carbocycles. The number of rotatable bonds is 4. The number of ether oxygens (including phenoxy) is 1. The molecule has 1 aromatic carbocycles. The normalized spacial score (nSPS) is 12.4. The van der Waals surface area contributed by atoms with Crippen LogP contribution >= 0.6 is 0 Å². The van der Waals surface area contributed by atoms with Gasteiger partial charge in [0, 0.05) is 0 Å². The van der Waals surface area contributed by atoms with Gasteiger partial charge in [-0.1, -0.05) is 12.1 Å². The molecule has 0 N–H and O–H groups in total. The number of hydrogen-bond acceptors (Lipinski definition) is 2. The molecule has 17 heavy (non-hydrogen) atoms. The monoisotopic (exact) mass is 245 g/mol. The topological polar surface area (TPSA) is 12.5 Å². The summed E-state index contributed by atoms with van der Waals surface area (Å²) < 4.78 is 43.0. The highest BCUT2D eigenvalue weighted by molar-refractivity contribution is 5.32. The van der Waals surface area contributed by atoms with Crippen LogP contribution in [0.15, 0.2) is 36.2 Å². The summed E-state index contributed by atoms with van der Waals surface area (Å²) in [6, 6.07) is 5.26. The Hall–Kier alpha value is -1.49. The number of benzene rings is 1. The Labute approximate surface area is 98.3 Å². The van der Waals surface area contributed by atoms with Crippen LogP contribution in [0.4, 0.5) is 13.2 Å². The predicted molar refractivity (Wildman–Crippen MR) is 59.8 cm³/mol. The number of nitrogens with zero attached hydrogens (tertiary/aromatic N) is 1. The van der Waals surface area contributed by atoms with E-state index in [9.17, 15) is 13.2 Å². The predicted octanol–water partition coefficient (Wildman–Crippen LogP) is 3.38. The second-order valence-electron chi connectivity index (χ2n) is 3.75. The first-order valence-electron chi connectivity index (χ1n) is 4.98. The van der Waals surface area contributed by atoms with Gasteiger partial charge in [-0.25, -0.2) is 4.39 Å². The van der Waals surface area contributed by atoms with E-state index < -0.39 is 17.9 Å². The first-order chi connectivity index (χ1) is 7.97. The first kappa shape index (κ1) is 13.6. The zero-order chi connectivity index (χ0) is 13.0. The third-order valence-electron chi connectivity index (χ3n) is 2.37. The highest BCUT2D eigenvalue weighted by Gasteiger charge is 2.23. The lowest BCUT2D eigenvalue weighted by Crippen LogP contribution is -2.20. The van der Waals surface area contributed by atoms with Crippen LogP contribution in [0.1, 0.15) is 11.6 Å². The van der Waals surface area contributed by atoms with Crippen molar-refractivity contribution in [1.29, 1.82) is 0 Å². The molecular weight excluding hydrogens is 231 g/mol. The maximum atomic E-state index is 13.4. The van der Waals surface area contributed by atoms with Crippen molar-refractivity contribution in [1.82, 2.24) is 4.90 Å². The van der Waals surface area contributed by atoms with Crippen LogP contribution in [0.25, 0.3) is 0 Å². The molecule has 0 aliphatic carbocycles. The third-order valence-corrected chi connectivity index (χ3v) is 2.37. The van der Waals surface area contributed by atoms with E-state index in [1.165, 1.54) is 26.1 Å². The van der Waals surface area contributed by atoms with Crippen molar-refractivity contribution >= 4 is 0 Å². The van der Waals surface area contributed by atoms with Crippen molar-refractivity contribution in [2.75, 3.05) is 21.2 Å². The molecule has 0 radical (unpaired) electrons. The molecule has 2 nitrogen and oxygen atoms in total. The maximum Gasteiger partial charge on any atom is 0.303 e. The van der Waals surface area contributed by atoms with Crippen molar-refractivity contribution in [3.8, 4) is 5.75 Å². The zero-order valence-electron chi connectivity index (χ0n) is 9.88. The van der Waals surface area contributed by atoms with Crippen LogP contribution in [0.3, 0.4) is 0 Å². The van der Waals surface area contributed by atoms with Gasteiger partial charge in [-0.15, -0.1) is 0 Å². The lowest BCUT2D eigenvalue weighted by molar-refractivity contribution is 0.263. The second kappa shape index (κ2) is 5.72. The molecule has 1 atom stereocenters. The Morgan fingerprint density at radius 1 is 1.12 bits per heavy atom. The van der Waals surface area contributed by atoms with Crippen LogP contribution in [-0.2, 0) is 0 Å². The standard InChI is InChI=1S/C12H14F3NO/c1-16(2)11(10(13)12(14)15)8-4-6-9(17-3)7-5-8/h4-7,11H,1-3H3. The Balaban J connectivity index is 3.11. The van der Waals surface area contributed by atoms with Gasteiger partial charge in [-0.05, 0) is 31.8 Å². The molecule has 0 heterocycles. The second-order valence-corrected chi connectivity index (χ2v) is 3.75. The molecule has 5 heteroatoms. The highest BCUT2D eigenvalue weighted by atomic mass is 19.3. The van der Waals surface area contributed by atoms with Crippen LogP contribution in [0.5, 0.6) is 5.75 Å². The van der Waals surface area contributed by atoms with Gasteiger partial charge in [0.05, 0.1) is 13.2 Å². The number of likely N-dealkylation sites (N-methyl/N-ethyl adjacent to an activating group) is 1. The molecule has 94 valence electrons. The Morgan fingerprint density at radius 2 is 1.65 bits per heavy atom. The largest absolute Gasteiger partial charge is 0.497 e. The van der Waals surface area contributed by atoms with E-state index in [-0.39, 0.29) is 0 Å². The number of halogens is 3. The van der Waals surface area contributed by atoms with E-state index >= 15 is 0 Å². The summed E-state index contributed by atoms with van der Waals surface area (Å²) in [5.74, 6) is -0.837. The lowest BCUT2D eigenvalue weighted by atomic mass is 10.1. The van der Waals surface area contributed by atoms with Crippen molar-refractivity contribution in [3.63, 3.8) is 0 Å². The maximum absolute atomic E-state index is 13.4. The van der Waals surface area contributed by atoms with Crippen LogP contribution in [-0.4, -0.2) is 26.1 Å². The van der Waals surface area contributed by atoms with E-state index in [1.807, 2.05) is 0 Å². The van der Waals surface area contributed by atoms with Gasteiger partial charge in [-0.3, -0.25) is 4.90 Å². The minimum absolute atomic E-state index is 0.445. The average Bonchev–Trinajstić information content (AvgIpc) is 2.29. The highest BCUT2D eigenvalue weighted by Crippen LogP contribution is 2.31. The molecule has 1 rings (SSSR count). The van der Waals surface area contributed by atoms with Gasteiger partial charge in [0.2, 0.25) is 0 Å². The van der Waals surface area contributed by atoms with Gasteiger partial charge < -0.3 is 4.74 Å². The molecule has 1 unspecified atom stereocenters. The summed E-state index contributed by atoms with van der Waals surface area (Å²) in [4.78, 5) is 1.39. The van der Waals surface area contributed by atoms with Gasteiger partial charge in [0.1, 0.15) is 5.75 Å². The fourth-order valence-electron chi connectivity index (χ4n) is 1.56. The lowest BCUT2D eigenvalue weighted by Gasteiger charge is -2.22. The Morgan fingerprint density at radius 3 is 2.00 bits per heavy atom. The molecule has 0 saturated heterocycles. The summed E-state index contributed by atoms with van der Waals surface area (Å²) >= 11 is 0. The van der Waals surface area contributed by atoms with E-state index in [4.69, 9.17) is 4.74 Å². The molecule has 0 spiro atoms. The zero-order valence-corrected chi connectivity index (χ0v) is 9.88. The van der Waals surface area contributed by atoms with E-state index in [0.29, 0.717) is 11.3 Å². The van der Waals surface area contributed by atoms with E-state index in [2.05, 4.69) is 0 Å². The minimum atomic E-state index is -2.29. The smallest absolute Gasteiger partial charge is 0.303 e. The van der Waals surface area contributed by atoms with Crippen molar-refractivity contribution in [2.24, 2.45) is 0 Å². The van der Waals surface area contributed by atoms with Crippen molar-refractivity contribution < 1.29 is 17.9 Å². The van der Waals surface area contributed by atoms with Gasteiger partial charge in [0.15, 0.2) is 5.83 Å². The van der Waals surface area contributed by atoms with Crippen molar-refractivity contribution in [2.45, 2.75) is 6.04 Å². The summed E-state index contributed by atoms with van der Waals surface area (Å²) in [6.07, 6.45) is -2.29. The van der Waals surface area contributed by atoms with E-state index in [0.717, 1.165) is 0 Å². The average molecular weight is 245 g/mol. The van der Waals surface area contributed by atoms with Crippen LogP contribution in [0.2, 0.25) is 0 Å². The molecule has 1 aromatic rings. The SMILES string of the molecule is COc1ccc(C(C(F)=C(F)F)N(C)C)cc1. The van der Waals surface area contributed by atoms with Crippen LogP contribution < -0.4 is 4.74 Å².